The molecule has 1 aliphatic rings. The largest absolute Gasteiger partial charge is 0.496 e. The molecule has 4 heteroatoms. The second kappa shape index (κ2) is 6.88. The fraction of sp³-hybridized carbons (Fsp3) is 0.444. The second-order valence-electron chi connectivity index (χ2n) is 5.69. The lowest BCUT2D eigenvalue weighted by atomic mass is 10.0. The highest BCUT2D eigenvalue weighted by Crippen LogP contribution is 2.37. The maximum absolute atomic E-state index is 5.54. The molecular formula is C18H23N3O. The molecule has 0 radical (unpaired) electrons. The SMILES string of the molecule is CCc1nccc(CN2CCC[C@@H]2c2ccccc2OC)n1. The summed E-state index contributed by atoms with van der Waals surface area (Å²) in [5.74, 6) is 1.90. The molecule has 0 unspecified atom stereocenters. The van der Waals surface area contributed by atoms with Crippen molar-refractivity contribution in [1.82, 2.24) is 14.9 Å². The number of likely N-dealkylation sites (tertiary alicyclic amines) is 1. The highest BCUT2D eigenvalue weighted by atomic mass is 16.5. The topological polar surface area (TPSA) is 38.2 Å². The molecule has 0 spiro atoms. The lowest BCUT2D eigenvalue weighted by Crippen LogP contribution is -2.24. The standard InChI is InChI=1S/C18H23N3O/c1-3-18-19-11-10-14(20-18)13-21-12-6-8-16(21)15-7-4-5-9-17(15)22-2/h4-5,7,9-11,16H,3,6,8,12-13H2,1-2H3/t16-/m1/s1. The van der Waals surface area contributed by atoms with E-state index in [2.05, 4.69) is 33.9 Å². The molecule has 0 amide bonds. The van der Waals surface area contributed by atoms with E-state index in [-0.39, 0.29) is 0 Å². The second-order valence-corrected chi connectivity index (χ2v) is 5.69. The number of rotatable bonds is 5. The van der Waals surface area contributed by atoms with E-state index < -0.39 is 0 Å². The van der Waals surface area contributed by atoms with Crippen molar-refractivity contribution < 1.29 is 4.74 Å². The van der Waals surface area contributed by atoms with Crippen molar-refractivity contribution in [3.8, 4) is 5.75 Å². The first-order chi connectivity index (χ1) is 10.8. The molecule has 1 aromatic heterocycles. The van der Waals surface area contributed by atoms with E-state index in [1.165, 1.54) is 18.4 Å². The Balaban J connectivity index is 1.81. The van der Waals surface area contributed by atoms with Crippen LogP contribution in [0.2, 0.25) is 0 Å². The van der Waals surface area contributed by atoms with Gasteiger partial charge in [0.25, 0.3) is 0 Å². The molecule has 1 atom stereocenters. The smallest absolute Gasteiger partial charge is 0.128 e. The van der Waals surface area contributed by atoms with Gasteiger partial charge in [0, 0.05) is 30.8 Å². The molecular weight excluding hydrogens is 274 g/mol. The van der Waals surface area contributed by atoms with Gasteiger partial charge < -0.3 is 4.74 Å². The van der Waals surface area contributed by atoms with E-state index >= 15 is 0 Å². The Bertz CT molecular complexity index is 629. The molecule has 0 saturated carbocycles. The molecule has 1 fully saturated rings. The van der Waals surface area contributed by atoms with Crippen LogP contribution in [0.5, 0.6) is 5.75 Å². The van der Waals surface area contributed by atoms with E-state index in [0.29, 0.717) is 6.04 Å². The van der Waals surface area contributed by atoms with Crippen molar-refractivity contribution in [3.63, 3.8) is 0 Å². The van der Waals surface area contributed by atoms with E-state index in [1.807, 2.05) is 24.4 Å². The normalized spacial score (nSPS) is 18.5. The first kappa shape index (κ1) is 15.0. The molecule has 4 nitrogen and oxygen atoms in total. The zero-order valence-corrected chi connectivity index (χ0v) is 13.3. The summed E-state index contributed by atoms with van der Waals surface area (Å²) in [5.41, 5.74) is 2.39. The summed E-state index contributed by atoms with van der Waals surface area (Å²) in [6.45, 7) is 4.07. The van der Waals surface area contributed by atoms with Crippen molar-refractivity contribution in [2.45, 2.75) is 38.8 Å². The Morgan fingerprint density at radius 3 is 2.95 bits per heavy atom. The Morgan fingerprint density at radius 2 is 2.14 bits per heavy atom. The number of nitrogens with zero attached hydrogens (tertiary/aromatic N) is 3. The van der Waals surface area contributed by atoms with Crippen LogP contribution in [0, 0.1) is 0 Å². The highest BCUT2D eigenvalue weighted by molar-refractivity contribution is 5.36. The Morgan fingerprint density at radius 1 is 1.27 bits per heavy atom. The number of aromatic nitrogens is 2. The molecule has 3 rings (SSSR count). The van der Waals surface area contributed by atoms with E-state index in [4.69, 9.17) is 4.74 Å². The fourth-order valence-corrected chi connectivity index (χ4v) is 3.22. The Labute approximate surface area is 132 Å². The summed E-state index contributed by atoms with van der Waals surface area (Å²) >= 11 is 0. The van der Waals surface area contributed by atoms with Crippen LogP contribution in [-0.2, 0) is 13.0 Å². The molecule has 2 heterocycles. The molecule has 0 N–H and O–H groups in total. The van der Waals surface area contributed by atoms with E-state index in [1.54, 1.807) is 7.11 Å². The van der Waals surface area contributed by atoms with Crippen molar-refractivity contribution in [2.24, 2.45) is 0 Å². The number of para-hydroxylation sites is 1. The molecule has 2 aromatic rings. The van der Waals surface area contributed by atoms with Crippen molar-refractivity contribution in [2.75, 3.05) is 13.7 Å². The van der Waals surface area contributed by atoms with Gasteiger partial charge in [-0.2, -0.15) is 0 Å². The lowest BCUT2D eigenvalue weighted by molar-refractivity contribution is 0.240. The first-order valence-corrected chi connectivity index (χ1v) is 7.99. The minimum Gasteiger partial charge on any atom is -0.496 e. The monoisotopic (exact) mass is 297 g/mol. The van der Waals surface area contributed by atoms with Gasteiger partial charge in [0.05, 0.1) is 12.8 Å². The lowest BCUT2D eigenvalue weighted by Gasteiger charge is -2.25. The van der Waals surface area contributed by atoms with Gasteiger partial charge in [-0.15, -0.1) is 0 Å². The quantitative estimate of drug-likeness (QED) is 0.848. The Kier molecular flexibility index (Phi) is 4.68. The van der Waals surface area contributed by atoms with Crippen LogP contribution < -0.4 is 4.74 Å². The number of hydrogen-bond acceptors (Lipinski definition) is 4. The summed E-state index contributed by atoms with van der Waals surface area (Å²) < 4.78 is 5.54. The molecule has 0 aliphatic carbocycles. The zero-order valence-electron chi connectivity index (χ0n) is 13.3. The van der Waals surface area contributed by atoms with Gasteiger partial charge in [-0.05, 0) is 31.5 Å². The minimum absolute atomic E-state index is 0.413. The van der Waals surface area contributed by atoms with Gasteiger partial charge in [-0.3, -0.25) is 4.90 Å². The third-order valence-corrected chi connectivity index (χ3v) is 4.31. The fourth-order valence-electron chi connectivity index (χ4n) is 3.22. The van der Waals surface area contributed by atoms with E-state index in [0.717, 1.165) is 36.8 Å². The number of hydrogen-bond donors (Lipinski definition) is 0. The van der Waals surface area contributed by atoms with Gasteiger partial charge in [0.1, 0.15) is 11.6 Å². The maximum Gasteiger partial charge on any atom is 0.128 e. The van der Waals surface area contributed by atoms with Gasteiger partial charge in [0.2, 0.25) is 0 Å². The predicted octanol–water partition coefficient (Wildman–Crippen LogP) is 3.38. The number of methoxy groups -OCH3 is 1. The van der Waals surface area contributed by atoms with Crippen LogP contribution in [0.4, 0.5) is 0 Å². The molecule has 1 aromatic carbocycles. The zero-order chi connectivity index (χ0) is 15.4. The van der Waals surface area contributed by atoms with Crippen LogP contribution in [-0.4, -0.2) is 28.5 Å². The van der Waals surface area contributed by atoms with Gasteiger partial charge >= 0.3 is 0 Å². The number of benzene rings is 1. The average Bonchev–Trinajstić information content (AvgIpc) is 3.03. The summed E-state index contributed by atoms with van der Waals surface area (Å²) in [4.78, 5) is 11.4. The van der Waals surface area contributed by atoms with Gasteiger partial charge in [0.15, 0.2) is 0 Å². The average molecular weight is 297 g/mol. The summed E-state index contributed by atoms with van der Waals surface area (Å²) in [6.07, 6.45) is 5.14. The van der Waals surface area contributed by atoms with Crippen LogP contribution in [0.1, 0.15) is 42.9 Å². The third kappa shape index (κ3) is 3.12. The summed E-state index contributed by atoms with van der Waals surface area (Å²) in [7, 11) is 1.75. The molecule has 22 heavy (non-hydrogen) atoms. The Hall–Kier alpha value is -1.94. The maximum atomic E-state index is 5.54. The van der Waals surface area contributed by atoms with Gasteiger partial charge in [-0.25, -0.2) is 9.97 Å². The molecule has 1 saturated heterocycles. The molecule has 116 valence electrons. The predicted molar refractivity (Wildman–Crippen MR) is 86.8 cm³/mol. The van der Waals surface area contributed by atoms with Crippen LogP contribution >= 0.6 is 0 Å². The number of aryl methyl sites for hydroxylation is 1. The summed E-state index contributed by atoms with van der Waals surface area (Å²) in [5, 5.41) is 0. The molecule has 1 aliphatic heterocycles. The van der Waals surface area contributed by atoms with Gasteiger partial charge in [-0.1, -0.05) is 25.1 Å². The van der Waals surface area contributed by atoms with E-state index in [9.17, 15) is 0 Å². The molecule has 0 bridgehead atoms. The van der Waals surface area contributed by atoms with Crippen molar-refractivity contribution in [3.05, 3.63) is 53.6 Å². The van der Waals surface area contributed by atoms with Crippen LogP contribution in [0.15, 0.2) is 36.5 Å². The highest BCUT2D eigenvalue weighted by Gasteiger charge is 2.28. The third-order valence-electron chi connectivity index (χ3n) is 4.31. The van der Waals surface area contributed by atoms with Crippen molar-refractivity contribution >= 4 is 0 Å². The van der Waals surface area contributed by atoms with Crippen LogP contribution in [0.3, 0.4) is 0 Å². The minimum atomic E-state index is 0.413. The van der Waals surface area contributed by atoms with Crippen molar-refractivity contribution in [1.29, 1.82) is 0 Å². The summed E-state index contributed by atoms with van der Waals surface area (Å²) in [6, 6.07) is 10.8. The first-order valence-electron chi connectivity index (χ1n) is 7.99. The number of ether oxygens (including phenoxy) is 1. The van der Waals surface area contributed by atoms with Crippen LogP contribution in [0.25, 0.3) is 0 Å².